The monoisotopic (exact) mass is 358 g/mol. The van der Waals surface area contributed by atoms with Gasteiger partial charge in [0.2, 0.25) is 0 Å². The Labute approximate surface area is 155 Å². The summed E-state index contributed by atoms with van der Waals surface area (Å²) in [6.07, 6.45) is 0. The number of ether oxygens (including phenoxy) is 2. The van der Waals surface area contributed by atoms with Gasteiger partial charge in [0.25, 0.3) is 0 Å². The highest BCUT2D eigenvalue weighted by atomic mass is 16.5. The summed E-state index contributed by atoms with van der Waals surface area (Å²) in [5.41, 5.74) is 8.40. The van der Waals surface area contributed by atoms with E-state index in [9.17, 15) is 0 Å². The van der Waals surface area contributed by atoms with Crippen molar-refractivity contribution in [2.75, 3.05) is 19.5 Å². The number of methoxy groups -OCH3 is 1. The van der Waals surface area contributed by atoms with E-state index in [0.717, 1.165) is 27.8 Å². The van der Waals surface area contributed by atoms with Gasteiger partial charge in [-0.15, -0.1) is 0 Å². The van der Waals surface area contributed by atoms with Crippen LogP contribution in [0.1, 0.15) is 40.4 Å². The number of benzene rings is 1. The Morgan fingerprint density at radius 3 is 2.50 bits per heavy atom. The molecule has 2 heterocycles. The summed E-state index contributed by atoms with van der Waals surface area (Å²) in [6.45, 7) is 11.8. The van der Waals surface area contributed by atoms with Crippen LogP contribution in [-0.2, 0) is 22.6 Å². The SMILES string of the molecule is CC.CCOCc1nc2c(N)nc3ccccc3c2n1CC(C)(C)OC. The van der Waals surface area contributed by atoms with Gasteiger partial charge in [0.05, 0.1) is 23.2 Å². The molecule has 0 fully saturated rings. The number of para-hydroxylation sites is 1. The van der Waals surface area contributed by atoms with E-state index in [1.807, 2.05) is 45.0 Å². The second kappa shape index (κ2) is 8.47. The number of hydrogen-bond donors (Lipinski definition) is 1. The van der Waals surface area contributed by atoms with Crippen molar-refractivity contribution in [3.8, 4) is 0 Å². The zero-order valence-corrected chi connectivity index (χ0v) is 16.7. The van der Waals surface area contributed by atoms with Gasteiger partial charge >= 0.3 is 0 Å². The molecule has 0 amide bonds. The predicted molar refractivity (Wildman–Crippen MR) is 107 cm³/mol. The lowest BCUT2D eigenvalue weighted by atomic mass is 10.1. The van der Waals surface area contributed by atoms with Gasteiger partial charge in [-0.05, 0) is 26.8 Å². The smallest absolute Gasteiger partial charge is 0.152 e. The van der Waals surface area contributed by atoms with Gasteiger partial charge in [-0.3, -0.25) is 0 Å². The third kappa shape index (κ3) is 3.97. The van der Waals surface area contributed by atoms with E-state index in [1.54, 1.807) is 7.11 Å². The lowest BCUT2D eigenvalue weighted by Gasteiger charge is -2.25. The number of nitrogens with two attached hydrogens (primary N) is 1. The molecule has 0 aliphatic heterocycles. The van der Waals surface area contributed by atoms with E-state index in [-0.39, 0.29) is 5.60 Å². The number of anilines is 1. The summed E-state index contributed by atoms with van der Waals surface area (Å²) in [7, 11) is 1.72. The first kappa shape index (κ1) is 20.1. The predicted octanol–water partition coefficient (Wildman–Crippen LogP) is 4.15. The summed E-state index contributed by atoms with van der Waals surface area (Å²) in [5, 5.41) is 1.03. The minimum absolute atomic E-state index is 0.340. The standard InChI is InChI=1S/C18H24N4O2.C2H6/c1-5-24-10-14-21-15-16(22(14)11-18(2,3)23-4)12-8-6-7-9-13(12)20-17(15)19;1-2/h6-9H,5,10-11H2,1-4H3,(H2,19,20);1-2H3. The molecule has 142 valence electrons. The third-order valence-corrected chi connectivity index (χ3v) is 4.22. The topological polar surface area (TPSA) is 75.2 Å². The van der Waals surface area contributed by atoms with E-state index >= 15 is 0 Å². The van der Waals surface area contributed by atoms with Gasteiger partial charge in [-0.1, -0.05) is 32.0 Å². The van der Waals surface area contributed by atoms with Gasteiger partial charge in [-0.25, -0.2) is 9.97 Å². The molecule has 0 unspecified atom stereocenters. The van der Waals surface area contributed by atoms with Crippen LogP contribution in [0.15, 0.2) is 24.3 Å². The van der Waals surface area contributed by atoms with Crippen LogP contribution >= 0.6 is 0 Å². The van der Waals surface area contributed by atoms with E-state index < -0.39 is 0 Å². The molecule has 26 heavy (non-hydrogen) atoms. The van der Waals surface area contributed by atoms with Gasteiger partial charge in [0.1, 0.15) is 17.9 Å². The Kier molecular flexibility index (Phi) is 6.56. The van der Waals surface area contributed by atoms with Gasteiger partial charge < -0.3 is 19.8 Å². The van der Waals surface area contributed by atoms with Crippen molar-refractivity contribution in [2.45, 2.75) is 53.4 Å². The summed E-state index contributed by atoms with van der Waals surface area (Å²) in [4.78, 5) is 9.20. The van der Waals surface area contributed by atoms with E-state index in [1.165, 1.54) is 0 Å². The highest BCUT2D eigenvalue weighted by Gasteiger charge is 2.23. The lowest BCUT2D eigenvalue weighted by Crippen LogP contribution is -2.30. The Morgan fingerprint density at radius 1 is 1.15 bits per heavy atom. The molecular formula is C20H30N4O2. The van der Waals surface area contributed by atoms with Crippen molar-refractivity contribution in [3.05, 3.63) is 30.1 Å². The molecule has 6 heteroatoms. The minimum Gasteiger partial charge on any atom is -0.382 e. The summed E-state index contributed by atoms with van der Waals surface area (Å²) < 4.78 is 13.4. The molecule has 0 saturated heterocycles. The third-order valence-electron chi connectivity index (χ3n) is 4.22. The minimum atomic E-state index is -0.340. The first-order chi connectivity index (χ1) is 12.5. The summed E-state index contributed by atoms with van der Waals surface area (Å²) in [5.74, 6) is 1.28. The van der Waals surface area contributed by atoms with Crippen LogP contribution in [0, 0.1) is 0 Å². The number of nitrogen functional groups attached to an aromatic ring is 1. The van der Waals surface area contributed by atoms with Crippen LogP contribution in [0.25, 0.3) is 21.9 Å². The molecule has 0 bridgehead atoms. The van der Waals surface area contributed by atoms with Gasteiger partial charge in [0.15, 0.2) is 5.82 Å². The fourth-order valence-corrected chi connectivity index (χ4v) is 2.82. The molecule has 0 atom stereocenters. The molecule has 2 aromatic heterocycles. The number of nitrogens with zero attached hydrogens (tertiary/aromatic N) is 3. The fraction of sp³-hybridized carbons (Fsp3) is 0.500. The van der Waals surface area contributed by atoms with Crippen LogP contribution in [0.2, 0.25) is 0 Å². The van der Waals surface area contributed by atoms with Gasteiger partial charge in [-0.2, -0.15) is 0 Å². The molecule has 0 aliphatic carbocycles. The van der Waals surface area contributed by atoms with Crippen molar-refractivity contribution in [3.63, 3.8) is 0 Å². The van der Waals surface area contributed by atoms with Crippen LogP contribution in [0.5, 0.6) is 0 Å². The number of aromatic nitrogens is 3. The summed E-state index contributed by atoms with van der Waals surface area (Å²) >= 11 is 0. The number of rotatable bonds is 6. The average molecular weight is 358 g/mol. The zero-order valence-electron chi connectivity index (χ0n) is 16.7. The quantitative estimate of drug-likeness (QED) is 0.716. The second-order valence-electron chi connectivity index (χ2n) is 6.43. The Bertz CT molecular complexity index is 871. The van der Waals surface area contributed by atoms with Crippen molar-refractivity contribution in [1.29, 1.82) is 0 Å². The van der Waals surface area contributed by atoms with E-state index in [2.05, 4.69) is 23.4 Å². The normalized spacial score (nSPS) is 11.6. The number of fused-ring (bicyclic) bond motifs is 3. The first-order valence-electron chi connectivity index (χ1n) is 9.13. The number of hydrogen-bond acceptors (Lipinski definition) is 5. The molecule has 0 saturated carbocycles. The fourth-order valence-electron chi connectivity index (χ4n) is 2.82. The maximum Gasteiger partial charge on any atom is 0.152 e. The van der Waals surface area contributed by atoms with Crippen molar-refractivity contribution in [2.24, 2.45) is 0 Å². The molecule has 0 aliphatic rings. The second-order valence-corrected chi connectivity index (χ2v) is 6.43. The molecular weight excluding hydrogens is 328 g/mol. The molecule has 0 radical (unpaired) electrons. The van der Waals surface area contributed by atoms with Crippen LogP contribution in [0.3, 0.4) is 0 Å². The Morgan fingerprint density at radius 2 is 1.85 bits per heavy atom. The molecule has 0 spiro atoms. The Balaban J connectivity index is 0.00000117. The first-order valence-corrected chi connectivity index (χ1v) is 9.13. The van der Waals surface area contributed by atoms with E-state index in [4.69, 9.17) is 20.2 Å². The molecule has 3 aromatic rings. The van der Waals surface area contributed by atoms with Crippen LogP contribution < -0.4 is 5.73 Å². The zero-order chi connectivity index (χ0) is 19.3. The van der Waals surface area contributed by atoms with Crippen LogP contribution in [0.4, 0.5) is 5.82 Å². The average Bonchev–Trinajstić information content (AvgIpc) is 3.00. The molecule has 1 aromatic carbocycles. The lowest BCUT2D eigenvalue weighted by molar-refractivity contribution is 0.00706. The van der Waals surface area contributed by atoms with Gasteiger partial charge in [0, 0.05) is 19.1 Å². The summed E-state index contributed by atoms with van der Waals surface area (Å²) in [6, 6.07) is 7.97. The number of imidazole rings is 1. The van der Waals surface area contributed by atoms with Crippen molar-refractivity contribution < 1.29 is 9.47 Å². The Hall–Kier alpha value is -2.18. The maximum atomic E-state index is 6.17. The maximum absolute atomic E-state index is 6.17. The molecule has 6 nitrogen and oxygen atoms in total. The van der Waals surface area contributed by atoms with E-state index in [0.29, 0.717) is 25.6 Å². The van der Waals surface area contributed by atoms with Crippen LogP contribution in [-0.4, -0.2) is 33.9 Å². The largest absolute Gasteiger partial charge is 0.382 e. The highest BCUT2D eigenvalue weighted by molar-refractivity contribution is 6.06. The molecule has 2 N–H and O–H groups in total. The van der Waals surface area contributed by atoms with Crippen molar-refractivity contribution >= 4 is 27.8 Å². The number of pyridine rings is 1. The highest BCUT2D eigenvalue weighted by Crippen LogP contribution is 2.30. The van der Waals surface area contributed by atoms with Crippen molar-refractivity contribution in [1.82, 2.24) is 14.5 Å². The molecule has 3 rings (SSSR count).